The normalized spacial score (nSPS) is 9.76. The Labute approximate surface area is 102 Å². The van der Waals surface area contributed by atoms with E-state index in [9.17, 15) is 4.79 Å². The molecule has 4 nitrogen and oxygen atoms in total. The van der Waals surface area contributed by atoms with E-state index in [2.05, 4.69) is 17.6 Å². The minimum atomic E-state index is -0.0395. The molecule has 94 valence electrons. The van der Waals surface area contributed by atoms with Gasteiger partial charge in [-0.15, -0.1) is 0 Å². The fourth-order valence-corrected chi connectivity index (χ4v) is 1.30. The first-order chi connectivity index (χ1) is 8.26. The molecule has 0 saturated heterocycles. The zero-order valence-corrected chi connectivity index (χ0v) is 10.5. The van der Waals surface area contributed by atoms with Crippen LogP contribution in [0, 0.1) is 0 Å². The minimum Gasteiger partial charge on any atom is -0.494 e. The molecule has 0 radical (unpaired) electrons. The molecule has 4 heteroatoms. The molecule has 1 aromatic rings. The van der Waals surface area contributed by atoms with Crippen LogP contribution in [0.15, 0.2) is 24.3 Å². The fraction of sp³-hybridized carbons (Fsp3) is 0.462. The van der Waals surface area contributed by atoms with Crippen molar-refractivity contribution in [2.45, 2.75) is 19.8 Å². The summed E-state index contributed by atoms with van der Waals surface area (Å²) in [7, 11) is 1.62. The Kier molecular flexibility index (Phi) is 5.93. The van der Waals surface area contributed by atoms with Crippen LogP contribution < -0.4 is 15.4 Å². The standard InChI is InChI=1S/C13H20N2O2/c1-3-4-8-17-12-7-5-6-11(9-12)15-10-13(16)14-2/h5-7,9,15H,3-4,8,10H2,1-2H3,(H,14,16). The number of benzene rings is 1. The molecule has 0 aliphatic heterocycles. The molecular weight excluding hydrogens is 216 g/mol. The Morgan fingerprint density at radius 2 is 2.24 bits per heavy atom. The number of ether oxygens (including phenoxy) is 1. The number of hydrogen-bond acceptors (Lipinski definition) is 3. The summed E-state index contributed by atoms with van der Waals surface area (Å²) in [5.74, 6) is 0.794. The largest absolute Gasteiger partial charge is 0.494 e. The average molecular weight is 236 g/mol. The molecule has 0 unspecified atom stereocenters. The molecule has 0 saturated carbocycles. The van der Waals surface area contributed by atoms with Gasteiger partial charge in [-0.1, -0.05) is 19.4 Å². The van der Waals surface area contributed by atoms with Crippen LogP contribution in [0.2, 0.25) is 0 Å². The summed E-state index contributed by atoms with van der Waals surface area (Å²) in [6, 6.07) is 7.64. The highest BCUT2D eigenvalue weighted by atomic mass is 16.5. The smallest absolute Gasteiger partial charge is 0.239 e. The molecule has 1 amide bonds. The van der Waals surface area contributed by atoms with Crippen LogP contribution in [0.5, 0.6) is 5.75 Å². The summed E-state index contributed by atoms with van der Waals surface area (Å²) in [5, 5.41) is 5.59. The third-order valence-corrected chi connectivity index (χ3v) is 2.33. The van der Waals surface area contributed by atoms with Gasteiger partial charge in [0.05, 0.1) is 13.2 Å². The highest BCUT2D eigenvalue weighted by Gasteiger charge is 1.99. The van der Waals surface area contributed by atoms with Crippen LogP contribution in [-0.2, 0) is 4.79 Å². The van der Waals surface area contributed by atoms with Crippen LogP contribution >= 0.6 is 0 Å². The highest BCUT2D eigenvalue weighted by Crippen LogP contribution is 2.17. The number of anilines is 1. The minimum absolute atomic E-state index is 0.0395. The molecule has 0 fully saturated rings. The van der Waals surface area contributed by atoms with Crippen LogP contribution in [-0.4, -0.2) is 26.1 Å². The van der Waals surface area contributed by atoms with Gasteiger partial charge in [-0.3, -0.25) is 4.79 Å². The molecule has 0 atom stereocenters. The van der Waals surface area contributed by atoms with Crippen molar-refractivity contribution in [3.05, 3.63) is 24.3 Å². The molecule has 1 aromatic carbocycles. The molecule has 17 heavy (non-hydrogen) atoms. The van der Waals surface area contributed by atoms with E-state index >= 15 is 0 Å². The summed E-state index contributed by atoms with van der Waals surface area (Å²) in [5.41, 5.74) is 0.891. The fourth-order valence-electron chi connectivity index (χ4n) is 1.30. The van der Waals surface area contributed by atoms with Gasteiger partial charge in [0.15, 0.2) is 0 Å². The van der Waals surface area contributed by atoms with Crippen LogP contribution in [0.25, 0.3) is 0 Å². The quantitative estimate of drug-likeness (QED) is 0.712. The maximum Gasteiger partial charge on any atom is 0.239 e. The lowest BCUT2D eigenvalue weighted by Gasteiger charge is -2.09. The zero-order valence-electron chi connectivity index (χ0n) is 10.5. The van der Waals surface area contributed by atoms with E-state index < -0.39 is 0 Å². The van der Waals surface area contributed by atoms with Gasteiger partial charge in [0.2, 0.25) is 5.91 Å². The molecule has 0 spiro atoms. The van der Waals surface area contributed by atoms with Crippen molar-refractivity contribution < 1.29 is 9.53 Å². The van der Waals surface area contributed by atoms with Gasteiger partial charge < -0.3 is 15.4 Å². The maximum absolute atomic E-state index is 11.1. The molecule has 1 rings (SSSR count). The number of carbonyl (C=O) groups is 1. The summed E-state index contributed by atoms with van der Waals surface area (Å²) in [4.78, 5) is 11.1. The first kappa shape index (κ1) is 13.4. The predicted molar refractivity (Wildman–Crippen MR) is 69.4 cm³/mol. The summed E-state index contributed by atoms with van der Waals surface area (Å²) in [6.45, 7) is 3.13. The van der Waals surface area contributed by atoms with Gasteiger partial charge in [0.25, 0.3) is 0 Å². The van der Waals surface area contributed by atoms with E-state index in [0.717, 1.165) is 30.9 Å². The van der Waals surface area contributed by atoms with Gasteiger partial charge in [-0.2, -0.15) is 0 Å². The van der Waals surface area contributed by atoms with Crippen LogP contribution in [0.4, 0.5) is 5.69 Å². The molecule has 0 aromatic heterocycles. The molecule has 0 bridgehead atoms. The van der Waals surface area contributed by atoms with E-state index in [1.54, 1.807) is 7.05 Å². The topological polar surface area (TPSA) is 50.4 Å². The SMILES string of the molecule is CCCCOc1cccc(NCC(=O)NC)c1. The number of hydrogen-bond donors (Lipinski definition) is 2. The lowest BCUT2D eigenvalue weighted by atomic mass is 10.3. The Hall–Kier alpha value is -1.71. The van der Waals surface area contributed by atoms with Crippen molar-refractivity contribution in [2.24, 2.45) is 0 Å². The van der Waals surface area contributed by atoms with Crippen molar-refractivity contribution in [1.82, 2.24) is 5.32 Å². The average Bonchev–Trinajstić information content (AvgIpc) is 2.37. The highest BCUT2D eigenvalue weighted by molar-refractivity contribution is 5.80. The Morgan fingerprint density at radius 1 is 1.41 bits per heavy atom. The first-order valence-electron chi connectivity index (χ1n) is 5.93. The third kappa shape index (κ3) is 5.24. The van der Waals surface area contributed by atoms with Crippen molar-refractivity contribution in [3.63, 3.8) is 0 Å². The molecule has 0 aliphatic carbocycles. The monoisotopic (exact) mass is 236 g/mol. The van der Waals surface area contributed by atoms with E-state index in [4.69, 9.17) is 4.74 Å². The second-order valence-corrected chi connectivity index (χ2v) is 3.76. The van der Waals surface area contributed by atoms with Crippen molar-refractivity contribution in [1.29, 1.82) is 0 Å². The summed E-state index contributed by atoms with van der Waals surface area (Å²) in [6.07, 6.45) is 2.17. The molecule has 2 N–H and O–H groups in total. The third-order valence-electron chi connectivity index (χ3n) is 2.33. The van der Waals surface area contributed by atoms with E-state index in [1.807, 2.05) is 24.3 Å². The van der Waals surface area contributed by atoms with Crippen molar-refractivity contribution in [3.8, 4) is 5.75 Å². The van der Waals surface area contributed by atoms with E-state index in [-0.39, 0.29) is 12.5 Å². The summed E-state index contributed by atoms with van der Waals surface area (Å²) >= 11 is 0. The van der Waals surface area contributed by atoms with Gasteiger partial charge in [-0.05, 0) is 18.6 Å². The number of rotatable bonds is 7. The number of nitrogens with one attached hydrogen (secondary N) is 2. The zero-order chi connectivity index (χ0) is 12.5. The molecule has 0 heterocycles. The molecular formula is C13H20N2O2. The van der Waals surface area contributed by atoms with E-state index in [0.29, 0.717) is 0 Å². The Morgan fingerprint density at radius 3 is 2.94 bits per heavy atom. The second-order valence-electron chi connectivity index (χ2n) is 3.76. The van der Waals surface area contributed by atoms with Gasteiger partial charge in [0, 0.05) is 18.8 Å². The van der Waals surface area contributed by atoms with Gasteiger partial charge >= 0.3 is 0 Å². The predicted octanol–water partition coefficient (Wildman–Crippen LogP) is 2.02. The lowest BCUT2D eigenvalue weighted by Crippen LogP contribution is -2.26. The second kappa shape index (κ2) is 7.54. The van der Waals surface area contributed by atoms with E-state index in [1.165, 1.54) is 0 Å². The Bertz CT molecular complexity index is 353. The van der Waals surface area contributed by atoms with Crippen LogP contribution in [0.1, 0.15) is 19.8 Å². The number of likely N-dealkylation sites (N-methyl/N-ethyl adjacent to an activating group) is 1. The number of unbranched alkanes of at least 4 members (excludes halogenated alkanes) is 1. The Balaban J connectivity index is 2.44. The molecule has 0 aliphatic rings. The van der Waals surface area contributed by atoms with Crippen molar-refractivity contribution >= 4 is 11.6 Å². The number of amides is 1. The number of carbonyl (C=O) groups excluding carboxylic acids is 1. The lowest BCUT2D eigenvalue weighted by molar-refractivity contribution is -0.118. The summed E-state index contributed by atoms with van der Waals surface area (Å²) < 4.78 is 5.58. The maximum atomic E-state index is 11.1. The first-order valence-corrected chi connectivity index (χ1v) is 5.93. The van der Waals surface area contributed by atoms with Gasteiger partial charge in [0.1, 0.15) is 5.75 Å². The van der Waals surface area contributed by atoms with Crippen LogP contribution in [0.3, 0.4) is 0 Å². The van der Waals surface area contributed by atoms with Gasteiger partial charge in [-0.25, -0.2) is 0 Å². The van der Waals surface area contributed by atoms with Crippen molar-refractivity contribution in [2.75, 3.05) is 25.5 Å².